The van der Waals surface area contributed by atoms with Crippen molar-refractivity contribution in [3.63, 3.8) is 0 Å². The molecule has 1 saturated heterocycles. The van der Waals surface area contributed by atoms with E-state index in [2.05, 4.69) is 13.9 Å². The van der Waals surface area contributed by atoms with Crippen LogP contribution in [0.15, 0.2) is 0 Å². The summed E-state index contributed by atoms with van der Waals surface area (Å²) in [7, 11) is 0.684. The molecule has 0 aromatic rings. The van der Waals surface area contributed by atoms with Crippen molar-refractivity contribution in [2.75, 3.05) is 6.79 Å². The summed E-state index contributed by atoms with van der Waals surface area (Å²) in [4.78, 5) is 0. The van der Waals surface area contributed by atoms with Crippen LogP contribution in [0.3, 0.4) is 0 Å². The molecule has 0 aliphatic carbocycles. The van der Waals surface area contributed by atoms with Gasteiger partial charge >= 0.3 is 0 Å². The molecule has 0 N–H and O–H groups in total. The second-order valence-corrected chi connectivity index (χ2v) is 1.45. The Hall–Kier alpha value is 0.0969. The Balaban J connectivity index is 2.01. The number of hydrogen-bond acceptors (Lipinski definition) is 3. The van der Waals surface area contributed by atoms with E-state index in [0.717, 1.165) is 0 Å². The van der Waals surface area contributed by atoms with Gasteiger partial charge in [0.15, 0.2) is 17.3 Å². The Morgan fingerprint density at radius 3 is 2.33 bits per heavy atom. The Labute approximate surface area is 38.7 Å². The van der Waals surface area contributed by atoms with E-state index >= 15 is 0 Å². The van der Waals surface area contributed by atoms with Crippen molar-refractivity contribution in [3.05, 3.63) is 0 Å². The van der Waals surface area contributed by atoms with Gasteiger partial charge in [-0.05, 0) is 0 Å². The standard InChI is InChI=1S/C2H6O3Si/c6-5-2-3-1-4-2/h2H,1H2,6H3. The molecular weight excluding hydrogens is 100 g/mol. The lowest BCUT2D eigenvalue weighted by atomic mass is 11.1. The van der Waals surface area contributed by atoms with E-state index in [1.54, 1.807) is 0 Å². The molecule has 6 heavy (non-hydrogen) atoms. The summed E-state index contributed by atoms with van der Waals surface area (Å²) in [5, 5.41) is 0. The van der Waals surface area contributed by atoms with Crippen molar-refractivity contribution in [1.82, 2.24) is 0 Å². The smallest absolute Gasteiger partial charge is 0.265 e. The van der Waals surface area contributed by atoms with Gasteiger partial charge in [0.25, 0.3) is 6.48 Å². The van der Waals surface area contributed by atoms with E-state index in [1.807, 2.05) is 0 Å². The first kappa shape index (κ1) is 4.26. The monoisotopic (exact) mass is 106 g/mol. The molecule has 0 aromatic carbocycles. The van der Waals surface area contributed by atoms with Crippen molar-refractivity contribution >= 4 is 10.5 Å². The molecule has 1 aliphatic heterocycles. The highest BCUT2D eigenvalue weighted by atomic mass is 28.2. The largest absolute Gasteiger partial charge is 0.383 e. The van der Waals surface area contributed by atoms with E-state index in [-0.39, 0.29) is 6.48 Å². The van der Waals surface area contributed by atoms with Gasteiger partial charge in [-0.15, -0.1) is 0 Å². The fourth-order valence-electron chi connectivity index (χ4n) is 0.260. The zero-order chi connectivity index (χ0) is 4.41. The first-order valence-electron chi connectivity index (χ1n) is 1.69. The lowest BCUT2D eigenvalue weighted by Gasteiger charge is -2.24. The molecule has 36 valence electrons. The van der Waals surface area contributed by atoms with E-state index in [9.17, 15) is 0 Å². The molecule has 0 amide bonds. The summed E-state index contributed by atoms with van der Waals surface area (Å²) >= 11 is 0. The van der Waals surface area contributed by atoms with Crippen LogP contribution in [0, 0.1) is 0 Å². The second kappa shape index (κ2) is 1.70. The van der Waals surface area contributed by atoms with E-state index in [4.69, 9.17) is 0 Å². The molecular formula is C2H6O3Si. The molecule has 0 radical (unpaired) electrons. The molecule has 1 aliphatic rings. The first-order chi connectivity index (χ1) is 2.93. The van der Waals surface area contributed by atoms with Crippen LogP contribution in [0.5, 0.6) is 0 Å². The summed E-state index contributed by atoms with van der Waals surface area (Å²) in [6.45, 7) is 0.0732. The third kappa shape index (κ3) is 0.599. The fourth-order valence-corrected chi connectivity index (χ4v) is 0.532. The summed E-state index contributed by atoms with van der Waals surface area (Å²) in [6.07, 6.45) is 0. The molecule has 0 bridgehead atoms. The third-order valence-electron chi connectivity index (χ3n) is 0.601. The lowest BCUT2D eigenvalue weighted by Crippen LogP contribution is -2.32. The summed E-state index contributed by atoms with van der Waals surface area (Å²) in [5.41, 5.74) is 0. The van der Waals surface area contributed by atoms with Crippen LogP contribution < -0.4 is 0 Å². The Bertz CT molecular complexity index is 41.3. The minimum Gasteiger partial charge on any atom is -0.383 e. The van der Waals surface area contributed by atoms with Crippen molar-refractivity contribution in [2.24, 2.45) is 0 Å². The maximum atomic E-state index is 4.68. The molecule has 3 nitrogen and oxygen atoms in total. The molecule has 1 heterocycles. The summed E-state index contributed by atoms with van der Waals surface area (Å²) in [5.74, 6) is 0. The highest BCUT2D eigenvalue weighted by Crippen LogP contribution is 2.04. The maximum Gasteiger partial charge on any atom is 0.265 e. The van der Waals surface area contributed by atoms with Crippen LogP contribution in [-0.2, 0) is 13.9 Å². The highest BCUT2D eigenvalue weighted by Gasteiger charge is 2.15. The molecule has 0 spiro atoms. The van der Waals surface area contributed by atoms with Crippen molar-refractivity contribution in [1.29, 1.82) is 0 Å². The lowest BCUT2D eigenvalue weighted by molar-refractivity contribution is -0.394. The van der Waals surface area contributed by atoms with Crippen LogP contribution in [0.1, 0.15) is 0 Å². The minimum absolute atomic E-state index is 0.323. The molecule has 0 unspecified atom stereocenters. The minimum atomic E-state index is -0.323. The van der Waals surface area contributed by atoms with Crippen LogP contribution in [-0.4, -0.2) is 23.8 Å². The molecule has 0 saturated carbocycles. The Kier molecular flexibility index (Phi) is 1.21. The van der Waals surface area contributed by atoms with Gasteiger partial charge in [0, 0.05) is 0 Å². The number of rotatable bonds is 1. The van der Waals surface area contributed by atoms with E-state index in [1.165, 1.54) is 0 Å². The fraction of sp³-hybridized carbons (Fsp3) is 1.00. The quantitative estimate of drug-likeness (QED) is 0.384. The molecule has 0 atom stereocenters. The van der Waals surface area contributed by atoms with E-state index < -0.39 is 0 Å². The molecule has 4 heteroatoms. The van der Waals surface area contributed by atoms with Crippen molar-refractivity contribution in [2.45, 2.75) is 6.48 Å². The van der Waals surface area contributed by atoms with Crippen LogP contribution >= 0.6 is 0 Å². The normalized spacial score (nSPS) is 24.0. The van der Waals surface area contributed by atoms with Crippen LogP contribution in [0.2, 0.25) is 0 Å². The maximum absolute atomic E-state index is 4.68. The van der Waals surface area contributed by atoms with Crippen molar-refractivity contribution in [3.8, 4) is 0 Å². The van der Waals surface area contributed by atoms with Gasteiger partial charge < -0.3 is 13.9 Å². The van der Waals surface area contributed by atoms with Crippen LogP contribution in [0.25, 0.3) is 0 Å². The van der Waals surface area contributed by atoms with Crippen molar-refractivity contribution < 1.29 is 13.9 Å². The Morgan fingerprint density at radius 2 is 2.33 bits per heavy atom. The number of hydrogen-bond donors (Lipinski definition) is 0. The van der Waals surface area contributed by atoms with Gasteiger partial charge in [-0.1, -0.05) is 0 Å². The second-order valence-electron chi connectivity index (χ2n) is 0.976. The van der Waals surface area contributed by atoms with Gasteiger partial charge in [0.05, 0.1) is 0 Å². The van der Waals surface area contributed by atoms with Gasteiger partial charge in [0.1, 0.15) is 0 Å². The van der Waals surface area contributed by atoms with Gasteiger partial charge in [-0.25, -0.2) is 0 Å². The number of ether oxygens (including phenoxy) is 2. The molecule has 1 fully saturated rings. The average Bonchev–Trinajstić information content (AvgIpc) is 1.31. The predicted molar refractivity (Wildman–Crippen MR) is 21.8 cm³/mol. The Morgan fingerprint density at radius 1 is 1.67 bits per heavy atom. The molecule has 0 aromatic heterocycles. The first-order valence-corrected chi connectivity index (χ1v) is 2.51. The average molecular weight is 106 g/mol. The van der Waals surface area contributed by atoms with Gasteiger partial charge in [-0.3, -0.25) is 0 Å². The SMILES string of the molecule is [SiH3]OC1OCO1. The molecule has 1 rings (SSSR count). The zero-order valence-electron chi connectivity index (χ0n) is 3.51. The van der Waals surface area contributed by atoms with Crippen LogP contribution in [0.4, 0.5) is 0 Å². The highest BCUT2D eigenvalue weighted by molar-refractivity contribution is 5.98. The third-order valence-corrected chi connectivity index (χ3v) is 0.986. The summed E-state index contributed by atoms with van der Waals surface area (Å²) in [6, 6.07) is 0. The topological polar surface area (TPSA) is 27.7 Å². The van der Waals surface area contributed by atoms with Gasteiger partial charge in [0.2, 0.25) is 0 Å². The predicted octanol–water partition coefficient (Wildman–Crippen LogP) is -1.43. The van der Waals surface area contributed by atoms with Gasteiger partial charge in [-0.2, -0.15) is 0 Å². The van der Waals surface area contributed by atoms with E-state index in [0.29, 0.717) is 17.3 Å². The summed E-state index contributed by atoms with van der Waals surface area (Å²) < 4.78 is 14.0. The zero-order valence-corrected chi connectivity index (χ0v) is 5.51.